The van der Waals surface area contributed by atoms with Gasteiger partial charge < -0.3 is 11.1 Å². The molecule has 3 N–H and O–H groups in total. The molecule has 0 saturated heterocycles. The van der Waals surface area contributed by atoms with Gasteiger partial charge in [0, 0.05) is 11.7 Å². The highest BCUT2D eigenvalue weighted by Crippen LogP contribution is 2.00. The van der Waals surface area contributed by atoms with Crippen molar-refractivity contribution in [2.24, 2.45) is 5.73 Å². The normalized spacial score (nSPS) is 14.9. The van der Waals surface area contributed by atoms with Crippen molar-refractivity contribution in [3.05, 3.63) is 23.9 Å². The summed E-state index contributed by atoms with van der Waals surface area (Å²) in [7, 11) is 1.92. The molecule has 0 radical (unpaired) electrons. The highest BCUT2D eigenvalue weighted by molar-refractivity contribution is 5.19. The lowest BCUT2D eigenvalue weighted by molar-refractivity contribution is 0.691. The van der Waals surface area contributed by atoms with Gasteiger partial charge >= 0.3 is 0 Å². The van der Waals surface area contributed by atoms with Gasteiger partial charge in [-0.25, -0.2) is 0 Å². The summed E-state index contributed by atoms with van der Waals surface area (Å²) in [5, 5.41) is 3.11. The monoisotopic (exact) mass is 140 g/mol. The molecule has 0 aromatic heterocycles. The molecule has 0 aliphatic carbocycles. The van der Waals surface area contributed by atoms with Crippen molar-refractivity contribution in [3.8, 4) is 0 Å². The smallest absolute Gasteiger partial charge is 0.0249 e. The van der Waals surface area contributed by atoms with Crippen LogP contribution in [0, 0.1) is 0 Å². The van der Waals surface area contributed by atoms with Crippen LogP contribution in [0.3, 0.4) is 0 Å². The van der Waals surface area contributed by atoms with Gasteiger partial charge in [0.1, 0.15) is 0 Å². The molecular formula is C8H16N2. The van der Waals surface area contributed by atoms with Gasteiger partial charge in [0.15, 0.2) is 0 Å². The molecule has 0 fully saturated rings. The molecule has 2 heteroatoms. The number of nitrogens with two attached hydrogens (primary N) is 1. The number of likely N-dealkylation sites (N-methyl/N-ethyl adjacent to an activating group) is 1. The van der Waals surface area contributed by atoms with Gasteiger partial charge in [-0.2, -0.15) is 0 Å². The first-order valence-corrected chi connectivity index (χ1v) is 3.37. The minimum absolute atomic E-state index is 0.375. The van der Waals surface area contributed by atoms with E-state index in [1.807, 2.05) is 20.0 Å². The maximum Gasteiger partial charge on any atom is 0.0249 e. The van der Waals surface area contributed by atoms with Crippen molar-refractivity contribution in [2.45, 2.75) is 19.9 Å². The molecule has 0 amide bonds. The Bertz CT molecular complexity index is 147. The summed E-state index contributed by atoms with van der Waals surface area (Å²) < 4.78 is 0. The van der Waals surface area contributed by atoms with Gasteiger partial charge in [0.25, 0.3) is 0 Å². The van der Waals surface area contributed by atoms with Crippen LogP contribution < -0.4 is 11.1 Å². The molecule has 0 heterocycles. The van der Waals surface area contributed by atoms with Crippen molar-refractivity contribution >= 4 is 0 Å². The number of rotatable bonds is 3. The molecule has 0 bridgehead atoms. The third kappa shape index (κ3) is 3.30. The number of allylic oxidation sites excluding steroid dienone is 1. The van der Waals surface area contributed by atoms with E-state index >= 15 is 0 Å². The summed E-state index contributed by atoms with van der Waals surface area (Å²) >= 11 is 0. The van der Waals surface area contributed by atoms with Crippen LogP contribution in [0.1, 0.15) is 13.8 Å². The maximum atomic E-state index is 5.39. The summed E-state index contributed by atoms with van der Waals surface area (Å²) in [6.07, 6.45) is 1.88. The molecular weight excluding hydrogens is 124 g/mol. The molecule has 0 spiro atoms. The van der Waals surface area contributed by atoms with Crippen LogP contribution in [0.25, 0.3) is 0 Å². The van der Waals surface area contributed by atoms with Crippen LogP contribution >= 0.6 is 0 Å². The van der Waals surface area contributed by atoms with Gasteiger partial charge in [-0.05, 0) is 27.0 Å². The Morgan fingerprint density at radius 1 is 1.70 bits per heavy atom. The average Bonchev–Trinajstić information content (AvgIpc) is 1.85. The largest absolute Gasteiger partial charge is 0.399 e. The maximum absolute atomic E-state index is 5.39. The fraction of sp³-hybridized carbons (Fsp3) is 0.500. The Hall–Kier alpha value is -0.760. The van der Waals surface area contributed by atoms with Crippen LogP contribution in [0.4, 0.5) is 0 Å². The first-order valence-electron chi connectivity index (χ1n) is 3.37. The van der Waals surface area contributed by atoms with E-state index in [0.29, 0.717) is 11.7 Å². The van der Waals surface area contributed by atoms with E-state index in [1.165, 1.54) is 5.57 Å². The zero-order valence-electron chi connectivity index (χ0n) is 6.94. The Morgan fingerprint density at radius 2 is 2.20 bits per heavy atom. The quantitative estimate of drug-likeness (QED) is 0.574. The van der Waals surface area contributed by atoms with Gasteiger partial charge in [-0.3, -0.25) is 0 Å². The van der Waals surface area contributed by atoms with Gasteiger partial charge in [-0.15, -0.1) is 0 Å². The fourth-order valence-corrected chi connectivity index (χ4v) is 0.645. The lowest BCUT2D eigenvalue weighted by Crippen LogP contribution is -2.22. The van der Waals surface area contributed by atoms with E-state index in [0.717, 1.165) is 0 Å². The Kier molecular flexibility index (Phi) is 3.81. The third-order valence-electron chi connectivity index (χ3n) is 1.53. The zero-order chi connectivity index (χ0) is 8.15. The van der Waals surface area contributed by atoms with Crippen LogP contribution in [0.5, 0.6) is 0 Å². The van der Waals surface area contributed by atoms with E-state index in [-0.39, 0.29) is 0 Å². The number of nitrogens with one attached hydrogen (secondary N) is 1. The number of hydrogen-bond donors (Lipinski definition) is 2. The molecule has 0 aromatic carbocycles. The first kappa shape index (κ1) is 9.24. The summed E-state index contributed by atoms with van der Waals surface area (Å²) in [5.41, 5.74) is 7.20. The second-order valence-corrected chi connectivity index (χ2v) is 2.47. The highest BCUT2D eigenvalue weighted by atomic mass is 14.9. The van der Waals surface area contributed by atoms with Crippen molar-refractivity contribution in [1.82, 2.24) is 5.32 Å². The summed E-state index contributed by atoms with van der Waals surface area (Å²) in [4.78, 5) is 0. The van der Waals surface area contributed by atoms with Crippen LogP contribution in [0.2, 0.25) is 0 Å². The molecule has 0 aliphatic heterocycles. The van der Waals surface area contributed by atoms with Gasteiger partial charge in [-0.1, -0.05) is 12.2 Å². The second-order valence-electron chi connectivity index (χ2n) is 2.47. The minimum Gasteiger partial charge on any atom is -0.399 e. The molecule has 0 rings (SSSR count). The second kappa shape index (κ2) is 4.12. The zero-order valence-corrected chi connectivity index (χ0v) is 6.94. The van der Waals surface area contributed by atoms with Crippen molar-refractivity contribution in [3.63, 3.8) is 0 Å². The lowest BCUT2D eigenvalue weighted by atomic mass is 10.1. The lowest BCUT2D eigenvalue weighted by Gasteiger charge is -2.09. The van der Waals surface area contributed by atoms with Crippen molar-refractivity contribution in [2.75, 3.05) is 7.05 Å². The fourth-order valence-electron chi connectivity index (χ4n) is 0.645. The Morgan fingerprint density at radius 3 is 2.50 bits per heavy atom. The molecule has 1 unspecified atom stereocenters. The Balaban J connectivity index is 4.04. The van der Waals surface area contributed by atoms with Crippen LogP contribution in [0.15, 0.2) is 23.9 Å². The van der Waals surface area contributed by atoms with E-state index < -0.39 is 0 Å². The molecule has 0 aliphatic rings. The van der Waals surface area contributed by atoms with Crippen LogP contribution in [-0.2, 0) is 0 Å². The number of hydrogen-bond acceptors (Lipinski definition) is 2. The summed E-state index contributed by atoms with van der Waals surface area (Å²) in [5.74, 6) is 0. The summed E-state index contributed by atoms with van der Waals surface area (Å²) in [6, 6.07) is 0.375. The van der Waals surface area contributed by atoms with E-state index in [9.17, 15) is 0 Å². The average molecular weight is 140 g/mol. The van der Waals surface area contributed by atoms with Gasteiger partial charge in [0.05, 0.1) is 0 Å². The SMILES string of the molecule is C=C(N)/C=C(/C)C(C)NC. The van der Waals surface area contributed by atoms with Crippen molar-refractivity contribution < 1.29 is 0 Å². The third-order valence-corrected chi connectivity index (χ3v) is 1.53. The highest BCUT2D eigenvalue weighted by Gasteiger charge is 1.98. The van der Waals surface area contributed by atoms with Gasteiger partial charge in [0.2, 0.25) is 0 Å². The van der Waals surface area contributed by atoms with Crippen molar-refractivity contribution in [1.29, 1.82) is 0 Å². The molecule has 1 atom stereocenters. The molecule has 0 aromatic rings. The van der Waals surface area contributed by atoms with Crippen LogP contribution in [-0.4, -0.2) is 13.1 Å². The summed E-state index contributed by atoms with van der Waals surface area (Å²) in [6.45, 7) is 7.69. The predicted molar refractivity (Wildman–Crippen MR) is 45.6 cm³/mol. The van der Waals surface area contributed by atoms with E-state index in [1.54, 1.807) is 0 Å². The predicted octanol–water partition coefficient (Wildman–Crippen LogP) is 1.01. The topological polar surface area (TPSA) is 38.0 Å². The Labute approximate surface area is 62.8 Å². The first-order chi connectivity index (χ1) is 4.57. The minimum atomic E-state index is 0.375. The molecule has 10 heavy (non-hydrogen) atoms. The van der Waals surface area contributed by atoms with E-state index in [4.69, 9.17) is 5.73 Å². The molecule has 0 saturated carbocycles. The van der Waals surface area contributed by atoms with E-state index in [2.05, 4.69) is 18.8 Å². The standard InChI is InChI=1S/C8H16N2/c1-6(5-7(2)9)8(3)10-4/h5,8,10H,2,9H2,1,3-4H3/b6-5-. The molecule has 58 valence electrons. The molecule has 2 nitrogen and oxygen atoms in total.